The van der Waals surface area contributed by atoms with Crippen molar-refractivity contribution >= 4 is 46.1 Å². The van der Waals surface area contributed by atoms with Crippen molar-refractivity contribution in [1.82, 2.24) is 5.01 Å². The van der Waals surface area contributed by atoms with Crippen LogP contribution in [0.15, 0.2) is 102 Å². The van der Waals surface area contributed by atoms with Crippen LogP contribution in [0.1, 0.15) is 17.2 Å². The molecule has 37 heavy (non-hydrogen) atoms. The van der Waals surface area contributed by atoms with Crippen molar-refractivity contribution in [1.29, 1.82) is 0 Å². The summed E-state index contributed by atoms with van der Waals surface area (Å²) in [6, 6.07) is 28.7. The van der Waals surface area contributed by atoms with Crippen molar-refractivity contribution in [3.8, 4) is 0 Å². The summed E-state index contributed by atoms with van der Waals surface area (Å²) in [5.41, 5.74) is 2.92. The van der Waals surface area contributed by atoms with Gasteiger partial charge in [-0.2, -0.15) is 5.10 Å². The van der Waals surface area contributed by atoms with Gasteiger partial charge in [-0.15, -0.1) is 0 Å². The van der Waals surface area contributed by atoms with Gasteiger partial charge < -0.3 is 5.32 Å². The van der Waals surface area contributed by atoms with E-state index in [9.17, 15) is 14.4 Å². The third-order valence-corrected chi connectivity index (χ3v) is 7.59. The lowest BCUT2D eigenvalue weighted by molar-refractivity contribution is -0.129. The van der Waals surface area contributed by atoms with Gasteiger partial charge in [0.1, 0.15) is 6.04 Å². The molecule has 0 aromatic heterocycles. The first-order valence-electron chi connectivity index (χ1n) is 12.3. The maximum atomic E-state index is 14.0. The SMILES string of the molecule is O=C(Nc1ccccc1)[C@H]1[C@H]2C(=O)N(c3ccc4ccccc4c3)C(=O)[C@H]2[C@H]2c3ccccc3C=NN21. The molecule has 7 rings (SSSR count). The van der Waals surface area contributed by atoms with Crippen LogP contribution in [0.4, 0.5) is 11.4 Å². The van der Waals surface area contributed by atoms with Crippen LogP contribution in [0.5, 0.6) is 0 Å². The normalized spacial score (nSPS) is 23.7. The summed E-state index contributed by atoms with van der Waals surface area (Å²) >= 11 is 0. The molecule has 1 N–H and O–H groups in total. The average molecular weight is 487 g/mol. The first-order valence-corrected chi connectivity index (χ1v) is 12.3. The van der Waals surface area contributed by atoms with Crippen molar-refractivity contribution in [2.45, 2.75) is 12.1 Å². The molecule has 0 unspecified atom stereocenters. The van der Waals surface area contributed by atoms with Gasteiger partial charge in [0, 0.05) is 5.69 Å². The van der Waals surface area contributed by atoms with Gasteiger partial charge in [-0.25, -0.2) is 4.90 Å². The lowest BCUT2D eigenvalue weighted by Crippen LogP contribution is -2.46. The van der Waals surface area contributed by atoms with Crippen LogP contribution in [0.25, 0.3) is 10.8 Å². The number of nitrogens with one attached hydrogen (secondary N) is 1. The Morgan fingerprint density at radius 1 is 0.757 bits per heavy atom. The Hall–Kier alpha value is -4.78. The van der Waals surface area contributed by atoms with Crippen molar-refractivity contribution in [2.24, 2.45) is 16.9 Å². The molecule has 7 nitrogen and oxygen atoms in total. The Morgan fingerprint density at radius 3 is 2.30 bits per heavy atom. The molecule has 3 heterocycles. The van der Waals surface area contributed by atoms with Crippen LogP contribution in [-0.4, -0.2) is 35.0 Å². The summed E-state index contributed by atoms with van der Waals surface area (Å²) < 4.78 is 0. The Morgan fingerprint density at radius 2 is 1.46 bits per heavy atom. The Bertz CT molecular complexity index is 1620. The number of anilines is 2. The molecule has 3 aliphatic heterocycles. The van der Waals surface area contributed by atoms with Crippen LogP contribution in [0.2, 0.25) is 0 Å². The quantitative estimate of drug-likeness (QED) is 0.437. The molecule has 180 valence electrons. The number of carbonyl (C=O) groups is 3. The van der Waals surface area contributed by atoms with Crippen LogP contribution < -0.4 is 10.2 Å². The number of imide groups is 1. The highest BCUT2D eigenvalue weighted by Crippen LogP contribution is 2.52. The fourth-order valence-electron chi connectivity index (χ4n) is 5.98. The third kappa shape index (κ3) is 3.20. The molecule has 7 heteroatoms. The second kappa shape index (κ2) is 8.13. The molecule has 4 atom stereocenters. The number of hydrazone groups is 1. The molecule has 2 fully saturated rings. The lowest BCUT2D eigenvalue weighted by atomic mass is 9.85. The molecule has 4 aromatic rings. The molecule has 0 spiro atoms. The maximum absolute atomic E-state index is 14.0. The van der Waals surface area contributed by atoms with Gasteiger partial charge in [-0.3, -0.25) is 19.4 Å². The number of hydrogen-bond acceptors (Lipinski definition) is 5. The zero-order valence-corrected chi connectivity index (χ0v) is 19.7. The molecular weight excluding hydrogens is 464 g/mol. The number of rotatable bonds is 3. The van der Waals surface area contributed by atoms with Crippen molar-refractivity contribution in [3.05, 3.63) is 108 Å². The topological polar surface area (TPSA) is 82.1 Å². The molecule has 3 aliphatic rings. The molecule has 0 aliphatic carbocycles. The van der Waals surface area contributed by atoms with Gasteiger partial charge in [0.15, 0.2) is 0 Å². The van der Waals surface area contributed by atoms with E-state index in [-0.39, 0.29) is 17.7 Å². The van der Waals surface area contributed by atoms with Crippen LogP contribution in [0, 0.1) is 11.8 Å². The minimum Gasteiger partial charge on any atom is -0.324 e. The summed E-state index contributed by atoms with van der Waals surface area (Å²) in [5, 5.41) is 11.1. The van der Waals surface area contributed by atoms with Crippen LogP contribution in [0.3, 0.4) is 0 Å². The number of hydrogen-bond donors (Lipinski definition) is 1. The molecule has 0 bridgehead atoms. The smallest absolute Gasteiger partial charge is 0.249 e. The second-order valence-corrected chi connectivity index (χ2v) is 9.59. The van der Waals surface area contributed by atoms with Crippen LogP contribution >= 0.6 is 0 Å². The van der Waals surface area contributed by atoms with Gasteiger partial charge in [-0.1, -0.05) is 72.8 Å². The fraction of sp³-hybridized carbons (Fsp3) is 0.133. The number of fused-ring (bicyclic) bond motifs is 6. The fourth-order valence-corrected chi connectivity index (χ4v) is 5.98. The zero-order chi connectivity index (χ0) is 25.1. The molecule has 2 saturated heterocycles. The lowest BCUT2D eigenvalue weighted by Gasteiger charge is -2.33. The minimum atomic E-state index is -0.929. The summed E-state index contributed by atoms with van der Waals surface area (Å²) in [7, 11) is 0. The van der Waals surface area contributed by atoms with Crippen molar-refractivity contribution in [3.63, 3.8) is 0 Å². The summed E-state index contributed by atoms with van der Waals surface area (Å²) in [6.07, 6.45) is 1.70. The van der Waals surface area contributed by atoms with Gasteiger partial charge in [0.05, 0.1) is 29.8 Å². The predicted molar refractivity (Wildman–Crippen MR) is 141 cm³/mol. The maximum Gasteiger partial charge on any atom is 0.249 e. The monoisotopic (exact) mass is 486 g/mol. The van der Waals surface area contributed by atoms with E-state index in [0.29, 0.717) is 11.4 Å². The summed E-state index contributed by atoms with van der Waals surface area (Å²) in [5.74, 6) is -2.63. The summed E-state index contributed by atoms with van der Waals surface area (Å²) in [4.78, 5) is 43.0. The standard InChI is InChI=1S/C30H22N4O3/c35-28(32-21-11-2-1-3-12-21)27-25-24(26-23-13-7-6-10-20(23)17-31-34(26)27)29(36)33(30(25)37)22-15-14-18-8-4-5-9-19(18)16-22/h1-17,24-27H,(H,32,35)/t24-,25+,26-,27-/m1/s1. The number of benzene rings is 4. The van der Waals surface area contributed by atoms with Gasteiger partial charge >= 0.3 is 0 Å². The van der Waals surface area contributed by atoms with Gasteiger partial charge in [0.2, 0.25) is 17.7 Å². The van der Waals surface area contributed by atoms with E-state index >= 15 is 0 Å². The first-order chi connectivity index (χ1) is 18.1. The highest BCUT2D eigenvalue weighted by Gasteiger charge is 2.65. The highest BCUT2D eigenvalue weighted by atomic mass is 16.2. The van der Waals surface area contributed by atoms with E-state index in [1.54, 1.807) is 29.4 Å². The Kier molecular flexibility index (Phi) is 4.72. The van der Waals surface area contributed by atoms with E-state index in [1.165, 1.54) is 4.90 Å². The molecular formula is C30H22N4O3. The van der Waals surface area contributed by atoms with Gasteiger partial charge in [0.25, 0.3) is 0 Å². The Balaban J connectivity index is 1.33. The van der Waals surface area contributed by atoms with E-state index in [2.05, 4.69) is 10.4 Å². The largest absolute Gasteiger partial charge is 0.324 e. The van der Waals surface area contributed by atoms with E-state index in [4.69, 9.17) is 0 Å². The second-order valence-electron chi connectivity index (χ2n) is 9.59. The Labute approximate surface area is 213 Å². The van der Waals surface area contributed by atoms with Crippen molar-refractivity contribution < 1.29 is 14.4 Å². The third-order valence-electron chi connectivity index (χ3n) is 7.59. The predicted octanol–water partition coefficient (Wildman–Crippen LogP) is 4.36. The molecule has 3 amide bonds. The molecule has 4 aromatic carbocycles. The first kappa shape index (κ1) is 21.5. The number of para-hydroxylation sites is 1. The number of carbonyl (C=O) groups excluding carboxylic acids is 3. The average Bonchev–Trinajstić information content (AvgIpc) is 3.41. The van der Waals surface area contributed by atoms with Crippen molar-refractivity contribution in [2.75, 3.05) is 10.2 Å². The summed E-state index contributed by atoms with van der Waals surface area (Å²) in [6.45, 7) is 0. The molecule has 0 saturated carbocycles. The number of nitrogens with zero attached hydrogens (tertiary/aromatic N) is 3. The van der Waals surface area contributed by atoms with E-state index in [1.807, 2.05) is 78.9 Å². The highest BCUT2D eigenvalue weighted by molar-refractivity contribution is 6.24. The molecule has 0 radical (unpaired) electrons. The van der Waals surface area contributed by atoms with E-state index < -0.39 is 23.9 Å². The zero-order valence-electron chi connectivity index (χ0n) is 19.7. The van der Waals surface area contributed by atoms with E-state index in [0.717, 1.165) is 21.9 Å². The van der Waals surface area contributed by atoms with Crippen LogP contribution in [-0.2, 0) is 14.4 Å². The minimum absolute atomic E-state index is 0.304. The number of amides is 3. The van der Waals surface area contributed by atoms with Gasteiger partial charge in [-0.05, 0) is 46.2 Å².